The Morgan fingerprint density at radius 3 is 2.21 bits per heavy atom. The minimum absolute atomic E-state index is 0.287. The van der Waals surface area contributed by atoms with Crippen LogP contribution in [0.5, 0.6) is 0 Å². The third kappa shape index (κ3) is 2.05. The lowest BCUT2D eigenvalue weighted by molar-refractivity contribution is 0.0698. The summed E-state index contributed by atoms with van der Waals surface area (Å²) in [6.45, 7) is 0. The van der Waals surface area contributed by atoms with Crippen molar-refractivity contribution in [1.82, 2.24) is 0 Å². The fraction of sp³-hybridized carbons (Fsp3) is 0. The Bertz CT molecular complexity index is 825. The molecule has 0 aliphatic carbocycles. The first-order valence-electron chi connectivity index (χ1n) is 5.62. The average molecular weight is 380 g/mol. The lowest BCUT2D eigenvalue weighted by Crippen LogP contribution is -2.00. The predicted molar refractivity (Wildman–Crippen MR) is 83.8 cm³/mol. The molecule has 4 heteroatoms. The Morgan fingerprint density at radius 1 is 0.947 bits per heavy atom. The average Bonchev–Trinajstić information content (AvgIpc) is 2.37. The van der Waals surface area contributed by atoms with Gasteiger partial charge < -0.3 is 5.11 Å². The van der Waals surface area contributed by atoms with E-state index in [2.05, 4.69) is 31.9 Å². The molecular weight excluding hydrogens is 372 g/mol. The molecule has 3 aromatic carbocycles. The molecule has 0 aromatic heterocycles. The number of hydrogen-bond donors (Lipinski definition) is 1. The quantitative estimate of drug-likeness (QED) is 0.589. The number of benzene rings is 3. The molecule has 19 heavy (non-hydrogen) atoms. The van der Waals surface area contributed by atoms with Crippen molar-refractivity contribution in [2.75, 3.05) is 0 Å². The van der Waals surface area contributed by atoms with Crippen molar-refractivity contribution < 1.29 is 9.90 Å². The van der Waals surface area contributed by atoms with Gasteiger partial charge in [0.1, 0.15) is 0 Å². The molecule has 0 fully saturated rings. The van der Waals surface area contributed by atoms with Crippen LogP contribution in [0.25, 0.3) is 21.5 Å². The summed E-state index contributed by atoms with van der Waals surface area (Å²) < 4.78 is 1.32. The van der Waals surface area contributed by atoms with E-state index >= 15 is 0 Å². The number of carboxylic acid groups (broad SMARTS) is 1. The summed E-state index contributed by atoms with van der Waals surface area (Å²) in [6, 6.07) is 13.8. The molecule has 0 saturated carbocycles. The van der Waals surface area contributed by atoms with Gasteiger partial charge in [-0.3, -0.25) is 0 Å². The van der Waals surface area contributed by atoms with Crippen LogP contribution < -0.4 is 0 Å². The SMILES string of the molecule is O=C(O)c1c(Br)c(Br)cc2cc3ccccc3cc12. The predicted octanol–water partition coefficient (Wildman–Crippen LogP) is 5.22. The van der Waals surface area contributed by atoms with E-state index in [1.54, 1.807) is 0 Å². The van der Waals surface area contributed by atoms with Crippen molar-refractivity contribution in [1.29, 1.82) is 0 Å². The summed E-state index contributed by atoms with van der Waals surface area (Å²) in [7, 11) is 0. The van der Waals surface area contributed by atoms with Crippen molar-refractivity contribution in [3.63, 3.8) is 0 Å². The van der Waals surface area contributed by atoms with Gasteiger partial charge in [0.15, 0.2) is 0 Å². The normalized spacial score (nSPS) is 11.1. The molecule has 0 unspecified atom stereocenters. The maximum atomic E-state index is 11.5. The number of carbonyl (C=O) groups is 1. The number of rotatable bonds is 1. The maximum Gasteiger partial charge on any atom is 0.337 e. The Kier molecular flexibility index (Phi) is 3.07. The number of hydrogen-bond acceptors (Lipinski definition) is 1. The van der Waals surface area contributed by atoms with Crippen molar-refractivity contribution in [3.8, 4) is 0 Å². The van der Waals surface area contributed by atoms with Gasteiger partial charge in [0.2, 0.25) is 0 Å². The van der Waals surface area contributed by atoms with Crippen LogP contribution in [-0.4, -0.2) is 11.1 Å². The van der Waals surface area contributed by atoms with Crippen LogP contribution in [0.15, 0.2) is 51.4 Å². The third-order valence-electron chi connectivity index (χ3n) is 3.11. The van der Waals surface area contributed by atoms with E-state index in [0.717, 1.165) is 26.0 Å². The standard InChI is InChI=1S/C15H8Br2O2/c16-12-7-10-5-8-3-1-2-4-9(8)6-11(10)13(14(12)17)15(18)19/h1-7H,(H,18,19). The molecule has 0 heterocycles. The topological polar surface area (TPSA) is 37.3 Å². The Morgan fingerprint density at radius 2 is 1.58 bits per heavy atom. The molecule has 3 aromatic rings. The van der Waals surface area contributed by atoms with Crippen LogP contribution in [0.1, 0.15) is 10.4 Å². The van der Waals surface area contributed by atoms with E-state index in [1.807, 2.05) is 42.5 Å². The van der Waals surface area contributed by atoms with Gasteiger partial charge in [0, 0.05) is 8.95 Å². The van der Waals surface area contributed by atoms with E-state index in [4.69, 9.17) is 0 Å². The van der Waals surface area contributed by atoms with Gasteiger partial charge in [-0.1, -0.05) is 24.3 Å². The maximum absolute atomic E-state index is 11.5. The number of aromatic carboxylic acids is 1. The van der Waals surface area contributed by atoms with Gasteiger partial charge in [0.05, 0.1) is 5.56 Å². The molecule has 0 aliphatic heterocycles. The summed E-state index contributed by atoms with van der Waals surface area (Å²) in [4.78, 5) is 11.5. The number of carboxylic acids is 1. The highest BCUT2D eigenvalue weighted by Crippen LogP contribution is 2.35. The van der Waals surface area contributed by atoms with Gasteiger partial charge in [-0.15, -0.1) is 0 Å². The Labute approximate surface area is 126 Å². The lowest BCUT2D eigenvalue weighted by Gasteiger charge is -2.09. The van der Waals surface area contributed by atoms with Crippen molar-refractivity contribution in [2.24, 2.45) is 0 Å². The van der Waals surface area contributed by atoms with Gasteiger partial charge in [-0.25, -0.2) is 4.79 Å². The van der Waals surface area contributed by atoms with E-state index in [9.17, 15) is 9.90 Å². The monoisotopic (exact) mass is 378 g/mol. The highest BCUT2D eigenvalue weighted by atomic mass is 79.9. The van der Waals surface area contributed by atoms with Crippen LogP contribution in [0.3, 0.4) is 0 Å². The summed E-state index contributed by atoms with van der Waals surface area (Å²) >= 11 is 6.73. The number of halogens is 2. The highest BCUT2D eigenvalue weighted by molar-refractivity contribution is 9.13. The zero-order valence-corrected chi connectivity index (χ0v) is 12.8. The Balaban J connectivity index is 2.53. The molecule has 0 radical (unpaired) electrons. The zero-order chi connectivity index (χ0) is 13.6. The van der Waals surface area contributed by atoms with Gasteiger partial charge >= 0.3 is 5.97 Å². The van der Waals surface area contributed by atoms with Crippen LogP contribution in [0.4, 0.5) is 0 Å². The molecule has 0 saturated heterocycles. The second-order valence-electron chi connectivity index (χ2n) is 4.27. The van der Waals surface area contributed by atoms with Crippen molar-refractivity contribution in [3.05, 3.63) is 57.0 Å². The molecule has 94 valence electrons. The summed E-state index contributed by atoms with van der Waals surface area (Å²) in [5, 5.41) is 13.2. The molecule has 3 rings (SSSR count). The zero-order valence-electron chi connectivity index (χ0n) is 9.65. The first kappa shape index (κ1) is 12.6. The van der Waals surface area contributed by atoms with Crippen LogP contribution in [-0.2, 0) is 0 Å². The van der Waals surface area contributed by atoms with Gasteiger partial charge in [-0.05, 0) is 71.6 Å². The summed E-state index contributed by atoms with van der Waals surface area (Å²) in [6.07, 6.45) is 0. The van der Waals surface area contributed by atoms with E-state index in [1.165, 1.54) is 0 Å². The molecule has 0 spiro atoms. The minimum Gasteiger partial charge on any atom is -0.478 e. The first-order chi connectivity index (χ1) is 9.08. The summed E-state index contributed by atoms with van der Waals surface area (Å²) in [5.74, 6) is -0.937. The Hall–Kier alpha value is -1.39. The summed E-state index contributed by atoms with van der Waals surface area (Å²) in [5.41, 5.74) is 0.287. The molecule has 2 nitrogen and oxygen atoms in total. The van der Waals surface area contributed by atoms with Crippen LogP contribution in [0.2, 0.25) is 0 Å². The third-order valence-corrected chi connectivity index (χ3v) is 5.09. The van der Waals surface area contributed by atoms with Crippen molar-refractivity contribution >= 4 is 59.4 Å². The highest BCUT2D eigenvalue weighted by Gasteiger charge is 2.16. The first-order valence-corrected chi connectivity index (χ1v) is 7.20. The van der Waals surface area contributed by atoms with Gasteiger partial charge in [0.25, 0.3) is 0 Å². The van der Waals surface area contributed by atoms with E-state index in [0.29, 0.717) is 4.47 Å². The van der Waals surface area contributed by atoms with Gasteiger partial charge in [-0.2, -0.15) is 0 Å². The molecule has 0 amide bonds. The molecule has 0 aliphatic rings. The minimum atomic E-state index is -0.937. The smallest absolute Gasteiger partial charge is 0.337 e. The molecular formula is C15H8Br2O2. The van der Waals surface area contributed by atoms with Crippen LogP contribution >= 0.6 is 31.9 Å². The number of fused-ring (bicyclic) bond motifs is 2. The lowest BCUT2D eigenvalue weighted by atomic mass is 10.00. The second-order valence-corrected chi connectivity index (χ2v) is 5.92. The fourth-order valence-corrected chi connectivity index (χ4v) is 3.18. The fourth-order valence-electron chi connectivity index (χ4n) is 2.24. The van der Waals surface area contributed by atoms with E-state index < -0.39 is 5.97 Å². The molecule has 1 N–H and O–H groups in total. The van der Waals surface area contributed by atoms with E-state index in [-0.39, 0.29) is 5.56 Å². The molecule has 0 bridgehead atoms. The van der Waals surface area contributed by atoms with Crippen LogP contribution in [0, 0.1) is 0 Å². The van der Waals surface area contributed by atoms with Crippen molar-refractivity contribution in [2.45, 2.75) is 0 Å². The largest absolute Gasteiger partial charge is 0.478 e. The molecule has 0 atom stereocenters. The second kappa shape index (κ2) is 4.62.